The first-order valence-electron chi connectivity index (χ1n) is 5.23. The first-order chi connectivity index (χ1) is 7.52. The highest BCUT2D eigenvalue weighted by Crippen LogP contribution is 2.45. The van der Waals surface area contributed by atoms with Crippen LogP contribution in [0.5, 0.6) is 0 Å². The molecule has 0 unspecified atom stereocenters. The van der Waals surface area contributed by atoms with Gasteiger partial charge in [-0.15, -0.1) is 0 Å². The number of carboxylic acids is 1. The van der Waals surface area contributed by atoms with Gasteiger partial charge in [-0.2, -0.15) is 0 Å². The minimum absolute atomic E-state index is 0.207. The van der Waals surface area contributed by atoms with E-state index < -0.39 is 11.4 Å². The summed E-state index contributed by atoms with van der Waals surface area (Å²) in [5.74, 6) is -0.827. The molecular formula is C10H18N2O4. The molecule has 6 heteroatoms. The van der Waals surface area contributed by atoms with E-state index in [-0.39, 0.29) is 12.6 Å². The van der Waals surface area contributed by atoms with Crippen LogP contribution in [0.25, 0.3) is 0 Å². The fourth-order valence-electron chi connectivity index (χ4n) is 1.33. The van der Waals surface area contributed by atoms with Crippen molar-refractivity contribution < 1.29 is 19.4 Å². The Kier molecular flexibility index (Phi) is 4.12. The Morgan fingerprint density at radius 1 is 1.50 bits per heavy atom. The van der Waals surface area contributed by atoms with Crippen molar-refractivity contribution in [2.45, 2.75) is 12.8 Å². The standard InChI is InChI=1S/C10H18N2O4/c1-12(5-6-16-2)9(15)11-7-10(3-4-10)8(13)14/h3-7H2,1-2H3,(H,11,15)(H,13,14). The average molecular weight is 230 g/mol. The number of carboxylic acid groups (broad SMARTS) is 1. The second kappa shape index (κ2) is 5.16. The van der Waals surface area contributed by atoms with Gasteiger partial charge in [-0.1, -0.05) is 0 Å². The van der Waals surface area contributed by atoms with Gasteiger partial charge in [0.1, 0.15) is 0 Å². The topological polar surface area (TPSA) is 78.9 Å². The van der Waals surface area contributed by atoms with E-state index in [9.17, 15) is 9.59 Å². The molecule has 92 valence electrons. The Balaban J connectivity index is 2.27. The molecule has 0 aromatic heterocycles. The molecule has 0 bridgehead atoms. The van der Waals surface area contributed by atoms with E-state index in [1.807, 2.05) is 0 Å². The lowest BCUT2D eigenvalue weighted by atomic mass is 10.1. The summed E-state index contributed by atoms with van der Waals surface area (Å²) in [4.78, 5) is 23.8. The van der Waals surface area contributed by atoms with Crippen LogP contribution in [0.2, 0.25) is 0 Å². The third kappa shape index (κ3) is 3.10. The van der Waals surface area contributed by atoms with Crippen molar-refractivity contribution in [2.24, 2.45) is 5.41 Å². The van der Waals surface area contributed by atoms with E-state index in [0.29, 0.717) is 26.0 Å². The van der Waals surface area contributed by atoms with E-state index in [2.05, 4.69) is 5.32 Å². The van der Waals surface area contributed by atoms with Crippen LogP contribution >= 0.6 is 0 Å². The van der Waals surface area contributed by atoms with E-state index in [4.69, 9.17) is 9.84 Å². The number of hydrogen-bond donors (Lipinski definition) is 2. The maximum atomic E-state index is 11.5. The molecule has 1 rings (SSSR count). The zero-order valence-corrected chi connectivity index (χ0v) is 9.65. The minimum atomic E-state index is -0.827. The smallest absolute Gasteiger partial charge is 0.317 e. The molecule has 16 heavy (non-hydrogen) atoms. The van der Waals surface area contributed by atoms with Crippen molar-refractivity contribution >= 4 is 12.0 Å². The number of hydrogen-bond acceptors (Lipinski definition) is 3. The van der Waals surface area contributed by atoms with E-state index in [0.717, 1.165) is 0 Å². The number of aliphatic carboxylic acids is 1. The molecule has 0 heterocycles. The summed E-state index contributed by atoms with van der Waals surface area (Å²) in [5, 5.41) is 11.5. The highest BCUT2D eigenvalue weighted by molar-refractivity contribution is 5.80. The fraction of sp³-hybridized carbons (Fsp3) is 0.800. The Labute approximate surface area is 94.6 Å². The number of carbonyl (C=O) groups is 2. The molecule has 1 saturated carbocycles. The molecule has 0 atom stereocenters. The summed E-state index contributed by atoms with van der Waals surface area (Å²) in [7, 11) is 3.21. The molecule has 0 radical (unpaired) electrons. The number of urea groups is 1. The monoisotopic (exact) mass is 230 g/mol. The summed E-state index contributed by atoms with van der Waals surface area (Å²) < 4.78 is 4.84. The van der Waals surface area contributed by atoms with Gasteiger partial charge in [0.2, 0.25) is 0 Å². The third-order valence-electron chi connectivity index (χ3n) is 2.86. The molecule has 2 amide bonds. The number of rotatable bonds is 6. The highest BCUT2D eigenvalue weighted by Gasteiger charge is 2.50. The normalized spacial score (nSPS) is 16.6. The van der Waals surface area contributed by atoms with Crippen LogP contribution in [0.1, 0.15) is 12.8 Å². The zero-order valence-electron chi connectivity index (χ0n) is 9.65. The number of ether oxygens (including phenoxy) is 1. The van der Waals surface area contributed by atoms with Gasteiger partial charge in [-0.3, -0.25) is 4.79 Å². The van der Waals surface area contributed by atoms with Gasteiger partial charge < -0.3 is 20.1 Å². The van der Waals surface area contributed by atoms with Gasteiger partial charge >= 0.3 is 12.0 Å². The molecule has 0 saturated heterocycles. The van der Waals surface area contributed by atoms with E-state index in [1.54, 1.807) is 14.2 Å². The van der Waals surface area contributed by atoms with Crippen LogP contribution in [-0.2, 0) is 9.53 Å². The molecule has 0 aromatic carbocycles. The van der Waals surface area contributed by atoms with Crippen LogP contribution < -0.4 is 5.32 Å². The van der Waals surface area contributed by atoms with Crippen LogP contribution in [0.4, 0.5) is 4.79 Å². The first-order valence-corrected chi connectivity index (χ1v) is 5.23. The summed E-state index contributed by atoms with van der Waals surface area (Å²) in [6, 6.07) is -0.260. The summed E-state index contributed by atoms with van der Waals surface area (Å²) in [6.45, 7) is 1.16. The van der Waals surface area contributed by atoms with Crippen molar-refractivity contribution in [2.75, 3.05) is 33.9 Å². The Morgan fingerprint density at radius 3 is 2.56 bits per heavy atom. The maximum absolute atomic E-state index is 11.5. The van der Waals surface area contributed by atoms with Crippen molar-refractivity contribution in [1.82, 2.24) is 10.2 Å². The molecule has 6 nitrogen and oxygen atoms in total. The van der Waals surface area contributed by atoms with Crippen LogP contribution in [0.3, 0.4) is 0 Å². The molecule has 1 fully saturated rings. The van der Waals surface area contributed by atoms with Gasteiger partial charge in [0, 0.05) is 27.2 Å². The van der Waals surface area contributed by atoms with Gasteiger partial charge in [0.15, 0.2) is 0 Å². The molecule has 1 aliphatic carbocycles. The Hall–Kier alpha value is -1.30. The summed E-state index contributed by atoms with van der Waals surface area (Å²) >= 11 is 0. The Bertz CT molecular complexity index is 276. The van der Waals surface area contributed by atoms with E-state index in [1.165, 1.54) is 4.90 Å². The largest absolute Gasteiger partial charge is 0.481 e. The second-order valence-electron chi connectivity index (χ2n) is 4.16. The zero-order chi connectivity index (χ0) is 12.2. The number of methoxy groups -OCH3 is 1. The first kappa shape index (κ1) is 12.8. The lowest BCUT2D eigenvalue weighted by molar-refractivity contribution is -0.143. The highest BCUT2D eigenvalue weighted by atomic mass is 16.5. The van der Waals surface area contributed by atoms with Crippen molar-refractivity contribution in [1.29, 1.82) is 0 Å². The van der Waals surface area contributed by atoms with Gasteiger partial charge in [-0.05, 0) is 12.8 Å². The molecule has 0 spiro atoms. The molecule has 2 N–H and O–H groups in total. The van der Waals surface area contributed by atoms with E-state index >= 15 is 0 Å². The van der Waals surface area contributed by atoms with Crippen molar-refractivity contribution in [3.8, 4) is 0 Å². The number of nitrogens with one attached hydrogen (secondary N) is 1. The van der Waals surface area contributed by atoms with Crippen LogP contribution in [0.15, 0.2) is 0 Å². The summed E-state index contributed by atoms with van der Waals surface area (Å²) in [6.07, 6.45) is 1.29. The number of carbonyl (C=O) groups excluding carboxylic acids is 1. The maximum Gasteiger partial charge on any atom is 0.317 e. The van der Waals surface area contributed by atoms with Gasteiger partial charge in [0.25, 0.3) is 0 Å². The number of likely N-dealkylation sites (N-methyl/N-ethyl adjacent to an activating group) is 1. The van der Waals surface area contributed by atoms with Gasteiger partial charge in [0.05, 0.1) is 12.0 Å². The minimum Gasteiger partial charge on any atom is -0.481 e. The molecular weight excluding hydrogens is 212 g/mol. The van der Waals surface area contributed by atoms with Crippen LogP contribution in [-0.4, -0.2) is 55.9 Å². The average Bonchev–Trinajstić information content (AvgIpc) is 3.03. The lowest BCUT2D eigenvalue weighted by Gasteiger charge is -2.19. The molecule has 0 aromatic rings. The molecule has 1 aliphatic rings. The predicted molar refractivity (Wildman–Crippen MR) is 57.2 cm³/mol. The number of amides is 2. The molecule has 0 aliphatic heterocycles. The van der Waals surface area contributed by atoms with Crippen molar-refractivity contribution in [3.05, 3.63) is 0 Å². The van der Waals surface area contributed by atoms with Crippen LogP contribution in [0, 0.1) is 5.41 Å². The summed E-state index contributed by atoms with van der Waals surface area (Å²) in [5.41, 5.74) is -0.711. The van der Waals surface area contributed by atoms with Crippen molar-refractivity contribution in [3.63, 3.8) is 0 Å². The third-order valence-corrected chi connectivity index (χ3v) is 2.86. The predicted octanol–water partition coefficient (Wildman–Crippen LogP) is 0.139. The lowest BCUT2D eigenvalue weighted by Crippen LogP contribution is -2.42. The second-order valence-corrected chi connectivity index (χ2v) is 4.16. The Morgan fingerprint density at radius 2 is 2.12 bits per heavy atom. The number of nitrogens with zero attached hydrogens (tertiary/aromatic N) is 1. The quantitative estimate of drug-likeness (QED) is 0.680. The fourth-order valence-corrected chi connectivity index (χ4v) is 1.33. The SMILES string of the molecule is COCCN(C)C(=O)NCC1(C(=O)O)CC1. The van der Waals surface area contributed by atoms with Gasteiger partial charge in [-0.25, -0.2) is 4.79 Å².